The summed E-state index contributed by atoms with van der Waals surface area (Å²) >= 11 is 0. The molecule has 1 N–H and O–H groups in total. The van der Waals surface area contributed by atoms with Crippen LogP contribution in [0, 0.1) is 0 Å². The molecule has 20 heavy (non-hydrogen) atoms. The van der Waals surface area contributed by atoms with Crippen molar-refractivity contribution in [1.82, 2.24) is 5.32 Å². The van der Waals surface area contributed by atoms with E-state index in [0.29, 0.717) is 11.3 Å². The maximum Gasteiger partial charge on any atom is 1.00 e. The molecule has 0 saturated carbocycles. The number of carbonyl (C=O) groups is 2. The van der Waals surface area contributed by atoms with E-state index in [1.54, 1.807) is 44.2 Å². The average molecular weight is 301 g/mol. The number of aliphatic carboxylic acids is 1. The first-order valence-electron chi connectivity index (χ1n) is 5.92. The van der Waals surface area contributed by atoms with Gasteiger partial charge in [-0.25, -0.2) is 4.79 Å². The summed E-state index contributed by atoms with van der Waals surface area (Å²) in [6.07, 6.45) is 1.21. The van der Waals surface area contributed by atoms with Crippen LogP contribution in [0.5, 0.6) is 0 Å². The summed E-state index contributed by atoms with van der Waals surface area (Å²) in [6.45, 7) is 3.56. The molecule has 0 spiro atoms. The van der Waals surface area contributed by atoms with Crippen LogP contribution in [0.25, 0.3) is 0 Å². The molecule has 0 amide bonds. The first-order chi connectivity index (χ1) is 9.04. The van der Waals surface area contributed by atoms with Crippen LogP contribution in [-0.2, 0) is 14.3 Å². The molecule has 1 unspecified atom stereocenters. The number of carboxylic acids is 1. The zero-order valence-corrected chi connectivity index (χ0v) is 15.0. The summed E-state index contributed by atoms with van der Waals surface area (Å²) in [5.74, 6) is -1.78. The molecule has 0 bridgehead atoms. The zero-order valence-electron chi connectivity index (χ0n) is 11.9. The van der Waals surface area contributed by atoms with Gasteiger partial charge < -0.3 is 20.0 Å². The van der Waals surface area contributed by atoms with Gasteiger partial charge in [0, 0.05) is 11.8 Å². The molecule has 0 radical (unpaired) electrons. The Bertz CT molecular complexity index is 473. The molecule has 1 rings (SSSR count). The molecule has 0 aliphatic carbocycles. The summed E-state index contributed by atoms with van der Waals surface area (Å²) in [6, 6.07) is 7.59. The van der Waals surface area contributed by atoms with E-state index in [1.165, 1.54) is 6.08 Å². The second-order valence-corrected chi connectivity index (χ2v) is 3.89. The predicted octanol–water partition coefficient (Wildman–Crippen LogP) is -2.46. The third-order valence-corrected chi connectivity index (χ3v) is 2.36. The van der Waals surface area contributed by atoms with Gasteiger partial charge in [-0.1, -0.05) is 30.3 Å². The maximum atomic E-state index is 11.2. The van der Waals surface area contributed by atoms with Crippen LogP contribution in [-0.4, -0.2) is 18.5 Å². The fraction of sp³-hybridized carbons (Fsp3) is 0.286. The van der Waals surface area contributed by atoms with Crippen LogP contribution < -0.4 is 61.8 Å². The van der Waals surface area contributed by atoms with Gasteiger partial charge in [-0.15, -0.1) is 0 Å². The van der Waals surface area contributed by atoms with Crippen LogP contribution >= 0.6 is 0 Å². The number of ether oxygens (including phenoxy) is 1. The topological polar surface area (TPSA) is 78.5 Å². The van der Waals surface area contributed by atoms with Gasteiger partial charge in [0.2, 0.25) is 0 Å². The predicted molar refractivity (Wildman–Crippen MR) is 67.7 cm³/mol. The van der Waals surface area contributed by atoms with E-state index in [1.807, 2.05) is 0 Å². The van der Waals surface area contributed by atoms with Crippen molar-refractivity contribution in [2.24, 2.45) is 0 Å². The van der Waals surface area contributed by atoms with Crippen molar-refractivity contribution >= 4 is 11.9 Å². The molecule has 6 heteroatoms. The Morgan fingerprint density at radius 3 is 2.45 bits per heavy atom. The summed E-state index contributed by atoms with van der Waals surface area (Å²) in [7, 11) is 0. The summed E-state index contributed by atoms with van der Waals surface area (Å²) in [5, 5.41) is 13.9. The molecule has 0 heterocycles. The average Bonchev–Trinajstić information content (AvgIpc) is 2.37. The molecule has 0 aliphatic rings. The van der Waals surface area contributed by atoms with Gasteiger partial charge in [0.1, 0.15) is 0 Å². The zero-order chi connectivity index (χ0) is 14.3. The van der Waals surface area contributed by atoms with E-state index in [4.69, 9.17) is 4.74 Å². The maximum absolute atomic E-state index is 11.2. The largest absolute Gasteiger partial charge is 1.00 e. The number of esters is 1. The van der Waals surface area contributed by atoms with Crippen molar-refractivity contribution < 1.29 is 70.8 Å². The quantitative estimate of drug-likeness (QED) is 0.358. The Kier molecular flexibility index (Phi) is 9.78. The Hall–Kier alpha value is -0.664. The van der Waals surface area contributed by atoms with Crippen LogP contribution in [0.15, 0.2) is 42.1 Å². The van der Waals surface area contributed by atoms with Gasteiger partial charge in [-0.2, -0.15) is 0 Å². The number of rotatable bonds is 6. The fourth-order valence-electron chi connectivity index (χ4n) is 1.55. The molecule has 1 aromatic carbocycles. The number of allylic oxidation sites excluding steroid dienone is 1. The van der Waals surface area contributed by atoms with Crippen molar-refractivity contribution in [2.75, 3.05) is 6.61 Å². The van der Waals surface area contributed by atoms with Crippen molar-refractivity contribution in [3.63, 3.8) is 0 Å². The molecule has 5 nitrogen and oxygen atoms in total. The Balaban J connectivity index is 0.00000361. The minimum Gasteiger partial charge on any atom is -0.548 e. The Labute approximate surface area is 160 Å². The van der Waals surface area contributed by atoms with Crippen LogP contribution in [0.3, 0.4) is 0 Å². The van der Waals surface area contributed by atoms with Crippen LogP contribution in [0.4, 0.5) is 0 Å². The minimum atomic E-state index is -1.26. The van der Waals surface area contributed by atoms with E-state index in [-0.39, 0.29) is 58.0 Å². The molecule has 0 aromatic heterocycles. The van der Waals surface area contributed by atoms with E-state index in [2.05, 4.69) is 5.32 Å². The second-order valence-electron chi connectivity index (χ2n) is 3.89. The number of hydrogen-bond acceptors (Lipinski definition) is 5. The van der Waals surface area contributed by atoms with E-state index in [0.717, 1.165) is 0 Å². The Morgan fingerprint density at radius 1 is 1.35 bits per heavy atom. The van der Waals surface area contributed by atoms with Gasteiger partial charge in [-0.3, -0.25) is 0 Å². The van der Waals surface area contributed by atoms with Crippen LogP contribution in [0.1, 0.15) is 25.5 Å². The van der Waals surface area contributed by atoms with E-state index < -0.39 is 18.0 Å². The summed E-state index contributed by atoms with van der Waals surface area (Å²) in [5.41, 5.74) is 0.954. The minimum absolute atomic E-state index is 0. The smallest absolute Gasteiger partial charge is 0.548 e. The standard InChI is InChI=1S/C14H17NO4.K/c1-3-19-12(16)9-10(2)15-13(14(17)18)11-7-5-4-6-8-11;/h4-9,13,15H,3H2,1-2H3,(H,17,18);/q;+1/p-1. The number of benzene rings is 1. The van der Waals surface area contributed by atoms with Gasteiger partial charge in [-0.05, 0) is 19.4 Å². The molecule has 0 fully saturated rings. The number of carbonyl (C=O) groups excluding carboxylic acids is 2. The molecule has 0 aliphatic heterocycles. The number of nitrogens with one attached hydrogen (secondary N) is 1. The SMILES string of the molecule is CCOC(=O)C=C(C)NC(C(=O)[O-])c1ccccc1.[K+]. The first-order valence-corrected chi connectivity index (χ1v) is 5.92. The molecular weight excluding hydrogens is 285 g/mol. The van der Waals surface area contributed by atoms with E-state index in [9.17, 15) is 14.7 Å². The van der Waals surface area contributed by atoms with Gasteiger partial charge in [0.25, 0.3) is 0 Å². The Morgan fingerprint density at radius 2 is 1.95 bits per heavy atom. The second kappa shape index (κ2) is 10.1. The third kappa shape index (κ3) is 6.67. The molecule has 1 aromatic rings. The molecule has 0 saturated heterocycles. The third-order valence-electron chi connectivity index (χ3n) is 2.36. The van der Waals surface area contributed by atoms with Crippen LogP contribution in [0.2, 0.25) is 0 Å². The first kappa shape index (κ1) is 19.3. The fourth-order valence-corrected chi connectivity index (χ4v) is 1.55. The van der Waals surface area contributed by atoms with Crippen molar-refractivity contribution in [3.05, 3.63) is 47.7 Å². The van der Waals surface area contributed by atoms with Gasteiger partial charge in [0.15, 0.2) is 0 Å². The molecular formula is C14H16KNO4. The number of carboxylic acid groups (broad SMARTS) is 1. The van der Waals surface area contributed by atoms with Crippen molar-refractivity contribution in [3.8, 4) is 0 Å². The molecule has 102 valence electrons. The van der Waals surface area contributed by atoms with Crippen molar-refractivity contribution in [2.45, 2.75) is 19.9 Å². The summed E-state index contributed by atoms with van der Waals surface area (Å²) in [4.78, 5) is 22.4. The van der Waals surface area contributed by atoms with Gasteiger partial charge >= 0.3 is 57.4 Å². The van der Waals surface area contributed by atoms with Gasteiger partial charge in [0.05, 0.1) is 18.6 Å². The van der Waals surface area contributed by atoms with Crippen molar-refractivity contribution in [1.29, 1.82) is 0 Å². The summed E-state index contributed by atoms with van der Waals surface area (Å²) < 4.78 is 4.74. The normalized spacial score (nSPS) is 12.0. The number of hydrogen-bond donors (Lipinski definition) is 1. The monoisotopic (exact) mass is 301 g/mol. The van der Waals surface area contributed by atoms with E-state index >= 15 is 0 Å². The molecule has 1 atom stereocenters.